The molecule has 2 rings (SSSR count). The molecule has 0 spiro atoms. The maximum absolute atomic E-state index is 11.5. The van der Waals surface area contributed by atoms with E-state index in [4.69, 9.17) is 9.47 Å². The fourth-order valence-electron chi connectivity index (χ4n) is 1.75. The predicted octanol–water partition coefficient (Wildman–Crippen LogP) is 2.57. The zero-order chi connectivity index (χ0) is 11.7. The molecular formula is C12H13NO3. The van der Waals surface area contributed by atoms with Crippen LogP contribution in [0.1, 0.15) is 5.56 Å². The first-order chi connectivity index (χ1) is 7.67. The summed E-state index contributed by atoms with van der Waals surface area (Å²) in [6.07, 6.45) is 1.37. The monoisotopic (exact) mass is 219 g/mol. The third kappa shape index (κ3) is 1.52. The number of aromatic nitrogens is 1. The lowest BCUT2D eigenvalue weighted by molar-refractivity contribution is 0.174. The maximum Gasteiger partial charge on any atom is 0.418 e. The zero-order valence-electron chi connectivity index (χ0n) is 9.48. The highest BCUT2D eigenvalue weighted by molar-refractivity contribution is 5.92. The van der Waals surface area contributed by atoms with Gasteiger partial charge in [-0.05, 0) is 30.7 Å². The normalized spacial score (nSPS) is 10.4. The Morgan fingerprint density at radius 1 is 1.31 bits per heavy atom. The van der Waals surface area contributed by atoms with E-state index >= 15 is 0 Å². The van der Waals surface area contributed by atoms with Gasteiger partial charge in [-0.1, -0.05) is 0 Å². The molecule has 0 amide bonds. The number of rotatable bonds is 1. The van der Waals surface area contributed by atoms with Gasteiger partial charge in [-0.15, -0.1) is 0 Å². The van der Waals surface area contributed by atoms with Crippen molar-refractivity contribution in [2.24, 2.45) is 0 Å². The van der Waals surface area contributed by atoms with Crippen molar-refractivity contribution in [3.8, 4) is 5.75 Å². The number of aryl methyl sites for hydroxylation is 1. The van der Waals surface area contributed by atoms with E-state index in [1.807, 2.05) is 25.1 Å². The quantitative estimate of drug-likeness (QED) is 0.740. The van der Waals surface area contributed by atoms with E-state index in [9.17, 15) is 4.79 Å². The Hall–Kier alpha value is -1.97. The number of methoxy groups -OCH3 is 2. The minimum atomic E-state index is -0.386. The van der Waals surface area contributed by atoms with E-state index in [0.717, 1.165) is 22.2 Å². The van der Waals surface area contributed by atoms with E-state index in [0.29, 0.717) is 0 Å². The Morgan fingerprint density at radius 2 is 2.06 bits per heavy atom. The molecule has 0 unspecified atom stereocenters. The molecule has 4 heteroatoms. The van der Waals surface area contributed by atoms with Crippen LogP contribution in [0.4, 0.5) is 4.79 Å². The van der Waals surface area contributed by atoms with E-state index in [1.54, 1.807) is 13.3 Å². The summed E-state index contributed by atoms with van der Waals surface area (Å²) >= 11 is 0. The van der Waals surface area contributed by atoms with Crippen LogP contribution in [0, 0.1) is 6.92 Å². The van der Waals surface area contributed by atoms with Gasteiger partial charge in [0.2, 0.25) is 0 Å². The Bertz CT molecular complexity index is 542. The number of hydrogen-bond donors (Lipinski definition) is 0. The highest BCUT2D eigenvalue weighted by Crippen LogP contribution is 2.25. The molecule has 1 heterocycles. The molecule has 0 aliphatic heterocycles. The molecule has 0 aliphatic rings. The van der Waals surface area contributed by atoms with Crippen LogP contribution in [0.15, 0.2) is 24.4 Å². The molecule has 2 aromatic rings. The molecule has 0 bridgehead atoms. The SMILES string of the molecule is COC(=O)n1cc(C)c2cc(OC)ccc21. The van der Waals surface area contributed by atoms with Crippen molar-refractivity contribution < 1.29 is 14.3 Å². The highest BCUT2D eigenvalue weighted by atomic mass is 16.5. The van der Waals surface area contributed by atoms with Crippen molar-refractivity contribution in [3.63, 3.8) is 0 Å². The number of carbonyl (C=O) groups is 1. The van der Waals surface area contributed by atoms with Crippen LogP contribution in [0.5, 0.6) is 5.75 Å². The van der Waals surface area contributed by atoms with Crippen molar-refractivity contribution in [2.45, 2.75) is 6.92 Å². The molecule has 0 saturated carbocycles. The van der Waals surface area contributed by atoms with Crippen LogP contribution < -0.4 is 4.74 Å². The number of fused-ring (bicyclic) bond motifs is 1. The molecule has 0 fully saturated rings. The van der Waals surface area contributed by atoms with Crippen LogP contribution in [0.25, 0.3) is 10.9 Å². The zero-order valence-corrected chi connectivity index (χ0v) is 9.48. The average molecular weight is 219 g/mol. The number of ether oxygens (including phenoxy) is 2. The van der Waals surface area contributed by atoms with Gasteiger partial charge in [0.05, 0.1) is 19.7 Å². The van der Waals surface area contributed by atoms with Crippen LogP contribution in [-0.2, 0) is 4.74 Å². The third-order valence-electron chi connectivity index (χ3n) is 2.58. The minimum absolute atomic E-state index is 0.386. The van der Waals surface area contributed by atoms with Gasteiger partial charge in [0.25, 0.3) is 0 Å². The van der Waals surface area contributed by atoms with Crippen molar-refractivity contribution in [3.05, 3.63) is 30.0 Å². The molecule has 4 nitrogen and oxygen atoms in total. The second kappa shape index (κ2) is 3.89. The van der Waals surface area contributed by atoms with Gasteiger partial charge in [0.15, 0.2) is 0 Å². The third-order valence-corrected chi connectivity index (χ3v) is 2.58. The summed E-state index contributed by atoms with van der Waals surface area (Å²) in [5.41, 5.74) is 1.84. The number of hydrogen-bond acceptors (Lipinski definition) is 3. The number of carbonyl (C=O) groups excluding carboxylic acids is 1. The minimum Gasteiger partial charge on any atom is -0.497 e. The van der Waals surface area contributed by atoms with Gasteiger partial charge in [0, 0.05) is 11.6 Å². The first-order valence-electron chi connectivity index (χ1n) is 4.91. The average Bonchev–Trinajstić information content (AvgIpc) is 2.65. The van der Waals surface area contributed by atoms with Crippen LogP contribution in [-0.4, -0.2) is 24.9 Å². The van der Waals surface area contributed by atoms with Gasteiger partial charge < -0.3 is 9.47 Å². The Balaban J connectivity index is 2.67. The summed E-state index contributed by atoms with van der Waals surface area (Å²) in [5.74, 6) is 0.776. The van der Waals surface area contributed by atoms with Gasteiger partial charge >= 0.3 is 6.09 Å². The first-order valence-corrected chi connectivity index (χ1v) is 4.91. The topological polar surface area (TPSA) is 40.5 Å². The lowest BCUT2D eigenvalue weighted by Gasteiger charge is -2.03. The molecule has 84 valence electrons. The molecule has 0 N–H and O–H groups in total. The van der Waals surface area contributed by atoms with Crippen molar-refractivity contribution in [1.29, 1.82) is 0 Å². The molecule has 0 atom stereocenters. The molecule has 0 aliphatic carbocycles. The summed E-state index contributed by atoms with van der Waals surface area (Å²) in [4.78, 5) is 11.5. The summed E-state index contributed by atoms with van der Waals surface area (Å²) in [7, 11) is 2.99. The van der Waals surface area contributed by atoms with Crippen LogP contribution >= 0.6 is 0 Å². The Kier molecular flexibility index (Phi) is 2.56. The van der Waals surface area contributed by atoms with Crippen molar-refractivity contribution in [1.82, 2.24) is 4.57 Å². The molecule has 1 aromatic carbocycles. The second-order valence-electron chi connectivity index (χ2n) is 3.54. The summed E-state index contributed by atoms with van der Waals surface area (Å²) in [6.45, 7) is 1.95. The molecule has 0 saturated heterocycles. The fraction of sp³-hybridized carbons (Fsp3) is 0.250. The smallest absolute Gasteiger partial charge is 0.418 e. The van der Waals surface area contributed by atoms with E-state index in [-0.39, 0.29) is 6.09 Å². The summed E-state index contributed by atoms with van der Waals surface area (Å²) < 4.78 is 11.3. The molecule has 0 radical (unpaired) electrons. The van der Waals surface area contributed by atoms with E-state index in [1.165, 1.54) is 11.7 Å². The van der Waals surface area contributed by atoms with Gasteiger partial charge in [-0.25, -0.2) is 4.79 Å². The lowest BCUT2D eigenvalue weighted by atomic mass is 10.2. The summed E-state index contributed by atoms with van der Waals surface area (Å²) in [6, 6.07) is 5.57. The highest BCUT2D eigenvalue weighted by Gasteiger charge is 2.11. The van der Waals surface area contributed by atoms with Gasteiger partial charge in [-0.2, -0.15) is 0 Å². The molecular weight excluding hydrogens is 206 g/mol. The van der Waals surface area contributed by atoms with Crippen molar-refractivity contribution in [2.75, 3.05) is 14.2 Å². The number of benzene rings is 1. The largest absolute Gasteiger partial charge is 0.497 e. The number of nitrogens with zero attached hydrogens (tertiary/aromatic N) is 1. The predicted molar refractivity (Wildman–Crippen MR) is 61.0 cm³/mol. The van der Waals surface area contributed by atoms with E-state index in [2.05, 4.69) is 0 Å². The maximum atomic E-state index is 11.5. The van der Waals surface area contributed by atoms with Crippen molar-refractivity contribution >= 4 is 17.0 Å². The van der Waals surface area contributed by atoms with Crippen LogP contribution in [0.3, 0.4) is 0 Å². The molecule has 16 heavy (non-hydrogen) atoms. The lowest BCUT2D eigenvalue weighted by Crippen LogP contribution is -2.09. The Morgan fingerprint density at radius 3 is 2.69 bits per heavy atom. The van der Waals surface area contributed by atoms with E-state index < -0.39 is 0 Å². The molecule has 1 aromatic heterocycles. The fourth-order valence-corrected chi connectivity index (χ4v) is 1.75. The summed E-state index contributed by atoms with van der Waals surface area (Å²) in [5, 5.41) is 0.991. The standard InChI is InChI=1S/C12H13NO3/c1-8-7-13(12(14)16-3)11-5-4-9(15-2)6-10(8)11/h4-7H,1-3H3. The van der Waals surface area contributed by atoms with Gasteiger partial charge in [-0.3, -0.25) is 4.57 Å². The Labute approximate surface area is 93.4 Å². The van der Waals surface area contributed by atoms with Crippen LogP contribution in [0.2, 0.25) is 0 Å². The van der Waals surface area contributed by atoms with Gasteiger partial charge in [0.1, 0.15) is 5.75 Å². The second-order valence-corrected chi connectivity index (χ2v) is 3.54. The first kappa shape index (κ1) is 10.5.